The number of carboxylic acids is 1. The summed E-state index contributed by atoms with van der Waals surface area (Å²) >= 11 is 0. The maximum Gasteiger partial charge on any atom is 0.331 e. The van der Waals surface area contributed by atoms with E-state index in [2.05, 4.69) is 17.6 Å². The van der Waals surface area contributed by atoms with E-state index in [1.165, 1.54) is 0 Å². The Bertz CT molecular complexity index is 366. The Morgan fingerprint density at radius 3 is 2.50 bits per heavy atom. The minimum Gasteiger partial charge on any atom is -0.479 e. The van der Waals surface area contributed by atoms with E-state index in [9.17, 15) is 14.7 Å². The van der Waals surface area contributed by atoms with Crippen molar-refractivity contribution in [2.45, 2.75) is 44.6 Å². The monoisotopic (exact) mass is 284 g/mol. The number of amides is 1. The number of hydrogen-bond donors (Lipinski definition) is 3. The third-order valence-corrected chi connectivity index (χ3v) is 4.55. The predicted octanol–water partition coefficient (Wildman–Crippen LogP) is 0.516. The lowest BCUT2D eigenvalue weighted by molar-refractivity contribution is -0.150. The van der Waals surface area contributed by atoms with Gasteiger partial charge >= 0.3 is 5.97 Å². The Hall–Kier alpha value is -1.14. The molecule has 0 aliphatic carbocycles. The van der Waals surface area contributed by atoms with Crippen LogP contribution >= 0.6 is 0 Å². The van der Waals surface area contributed by atoms with Crippen molar-refractivity contribution in [3.63, 3.8) is 0 Å². The topological polar surface area (TPSA) is 87.7 Å². The fraction of sp³-hybridized carbons (Fsp3) is 0.857. The van der Waals surface area contributed by atoms with Gasteiger partial charge in [0.2, 0.25) is 5.91 Å². The van der Waals surface area contributed by atoms with Crippen LogP contribution in [0.25, 0.3) is 0 Å². The summed E-state index contributed by atoms with van der Waals surface area (Å²) in [6.45, 7) is 4.13. The van der Waals surface area contributed by atoms with E-state index in [1.807, 2.05) is 0 Å². The van der Waals surface area contributed by atoms with Crippen LogP contribution in [0.1, 0.15) is 39.0 Å². The molecule has 1 unspecified atom stereocenters. The Morgan fingerprint density at radius 2 is 2.00 bits per heavy atom. The van der Waals surface area contributed by atoms with Crippen molar-refractivity contribution in [1.29, 1.82) is 0 Å². The van der Waals surface area contributed by atoms with Crippen LogP contribution in [-0.4, -0.2) is 48.8 Å². The Labute approximate surface area is 119 Å². The lowest BCUT2D eigenvalue weighted by Crippen LogP contribution is -2.60. The third-order valence-electron chi connectivity index (χ3n) is 4.55. The van der Waals surface area contributed by atoms with Gasteiger partial charge in [-0.2, -0.15) is 0 Å². The predicted molar refractivity (Wildman–Crippen MR) is 73.4 cm³/mol. The summed E-state index contributed by atoms with van der Waals surface area (Å²) < 4.78 is 5.19. The number of rotatable bonds is 5. The highest BCUT2D eigenvalue weighted by atomic mass is 16.5. The van der Waals surface area contributed by atoms with Crippen molar-refractivity contribution >= 4 is 11.9 Å². The number of carbonyl (C=O) groups is 2. The number of carbonyl (C=O) groups excluding carboxylic acids is 1. The largest absolute Gasteiger partial charge is 0.479 e. The lowest BCUT2D eigenvalue weighted by atomic mass is 9.74. The normalized spacial score (nSPS) is 29.1. The second-order valence-corrected chi connectivity index (χ2v) is 5.92. The molecule has 0 spiro atoms. The molecule has 2 fully saturated rings. The van der Waals surface area contributed by atoms with Crippen LogP contribution in [0.5, 0.6) is 0 Å². The molecule has 0 aromatic heterocycles. The molecule has 0 aromatic rings. The molecule has 2 heterocycles. The lowest BCUT2D eigenvalue weighted by Gasteiger charge is -2.38. The van der Waals surface area contributed by atoms with Crippen LogP contribution in [0, 0.1) is 5.41 Å². The van der Waals surface area contributed by atoms with Crippen LogP contribution in [-0.2, 0) is 14.3 Å². The van der Waals surface area contributed by atoms with Crippen molar-refractivity contribution in [2.24, 2.45) is 5.41 Å². The summed E-state index contributed by atoms with van der Waals surface area (Å²) in [6, 6.07) is 0. The first-order valence-corrected chi connectivity index (χ1v) is 7.39. The highest BCUT2D eigenvalue weighted by Gasteiger charge is 2.48. The van der Waals surface area contributed by atoms with Gasteiger partial charge < -0.3 is 20.5 Å². The number of ether oxygens (including phenoxy) is 1. The molecular weight excluding hydrogens is 260 g/mol. The Morgan fingerprint density at radius 1 is 1.30 bits per heavy atom. The highest BCUT2D eigenvalue weighted by Crippen LogP contribution is 2.35. The van der Waals surface area contributed by atoms with Gasteiger partial charge in [0.1, 0.15) is 0 Å². The first-order chi connectivity index (χ1) is 9.55. The third kappa shape index (κ3) is 2.81. The maximum absolute atomic E-state index is 12.7. The van der Waals surface area contributed by atoms with Crippen molar-refractivity contribution < 1.29 is 19.4 Å². The molecule has 6 nitrogen and oxygen atoms in total. The standard InChI is InChI=1S/C14H24N2O4/c1-2-3-13(4-7-15-8-5-13)11(17)16-14(12(18)19)6-9-20-10-14/h15H,2-10H2,1H3,(H,16,17)(H,18,19). The summed E-state index contributed by atoms with van der Waals surface area (Å²) in [5.74, 6) is -1.11. The van der Waals surface area contributed by atoms with E-state index in [-0.39, 0.29) is 12.5 Å². The van der Waals surface area contributed by atoms with Gasteiger partial charge in [0.05, 0.1) is 12.0 Å². The molecule has 2 aliphatic rings. The fourth-order valence-electron chi connectivity index (χ4n) is 3.21. The molecule has 20 heavy (non-hydrogen) atoms. The number of nitrogens with one attached hydrogen (secondary N) is 2. The molecule has 1 amide bonds. The van der Waals surface area contributed by atoms with Gasteiger partial charge in [0, 0.05) is 13.0 Å². The average Bonchev–Trinajstić information content (AvgIpc) is 2.90. The van der Waals surface area contributed by atoms with E-state index in [0.717, 1.165) is 38.8 Å². The summed E-state index contributed by atoms with van der Waals surface area (Å²) in [7, 11) is 0. The SMILES string of the molecule is CCCC1(C(=O)NC2(C(=O)O)CCOC2)CCNCC1. The first kappa shape index (κ1) is 15.3. The van der Waals surface area contributed by atoms with Crippen molar-refractivity contribution in [3.8, 4) is 0 Å². The Balaban J connectivity index is 2.13. The van der Waals surface area contributed by atoms with Crippen molar-refractivity contribution in [2.75, 3.05) is 26.3 Å². The molecule has 0 saturated carbocycles. The van der Waals surface area contributed by atoms with Crippen molar-refractivity contribution in [1.82, 2.24) is 10.6 Å². The molecule has 0 aromatic carbocycles. The number of piperidine rings is 1. The molecule has 3 N–H and O–H groups in total. The zero-order valence-corrected chi connectivity index (χ0v) is 12.0. The molecule has 0 bridgehead atoms. The number of carboxylic acid groups (broad SMARTS) is 1. The molecule has 6 heteroatoms. The average molecular weight is 284 g/mol. The molecule has 0 radical (unpaired) electrons. The molecular formula is C14H24N2O4. The fourth-order valence-corrected chi connectivity index (χ4v) is 3.21. The van der Waals surface area contributed by atoms with Crippen LogP contribution in [0.4, 0.5) is 0 Å². The second-order valence-electron chi connectivity index (χ2n) is 5.92. The number of hydrogen-bond acceptors (Lipinski definition) is 4. The molecule has 2 aliphatic heterocycles. The van der Waals surface area contributed by atoms with E-state index in [4.69, 9.17) is 4.74 Å². The van der Waals surface area contributed by atoms with Crippen LogP contribution in [0.3, 0.4) is 0 Å². The summed E-state index contributed by atoms with van der Waals surface area (Å²) in [6.07, 6.45) is 3.60. The van der Waals surface area contributed by atoms with Gasteiger partial charge in [-0.25, -0.2) is 4.79 Å². The molecule has 2 saturated heterocycles. The van der Waals surface area contributed by atoms with Gasteiger partial charge in [0.25, 0.3) is 0 Å². The quantitative estimate of drug-likeness (QED) is 0.685. The molecule has 1 atom stereocenters. The number of aliphatic carboxylic acids is 1. The molecule has 2 rings (SSSR count). The smallest absolute Gasteiger partial charge is 0.331 e. The van der Waals surface area contributed by atoms with Gasteiger partial charge in [-0.05, 0) is 32.4 Å². The van der Waals surface area contributed by atoms with Crippen LogP contribution in [0.15, 0.2) is 0 Å². The van der Waals surface area contributed by atoms with Gasteiger partial charge in [0.15, 0.2) is 5.54 Å². The molecule has 114 valence electrons. The van der Waals surface area contributed by atoms with E-state index in [0.29, 0.717) is 13.0 Å². The summed E-state index contributed by atoms with van der Waals surface area (Å²) in [5, 5.41) is 15.5. The highest BCUT2D eigenvalue weighted by molar-refractivity contribution is 5.90. The van der Waals surface area contributed by atoms with Gasteiger partial charge in [-0.15, -0.1) is 0 Å². The second kappa shape index (κ2) is 6.10. The van der Waals surface area contributed by atoms with Crippen LogP contribution in [0.2, 0.25) is 0 Å². The first-order valence-electron chi connectivity index (χ1n) is 7.39. The van der Waals surface area contributed by atoms with E-state index in [1.54, 1.807) is 0 Å². The van der Waals surface area contributed by atoms with E-state index < -0.39 is 16.9 Å². The minimum absolute atomic E-state index is 0.0640. The zero-order valence-electron chi connectivity index (χ0n) is 12.0. The van der Waals surface area contributed by atoms with Crippen LogP contribution < -0.4 is 10.6 Å². The van der Waals surface area contributed by atoms with Gasteiger partial charge in [-0.3, -0.25) is 4.79 Å². The summed E-state index contributed by atoms with van der Waals surface area (Å²) in [5.41, 5.74) is -1.66. The van der Waals surface area contributed by atoms with E-state index >= 15 is 0 Å². The maximum atomic E-state index is 12.7. The minimum atomic E-state index is -1.23. The van der Waals surface area contributed by atoms with Gasteiger partial charge in [-0.1, -0.05) is 13.3 Å². The Kier molecular flexibility index (Phi) is 4.65. The summed E-state index contributed by atoms with van der Waals surface area (Å²) in [4.78, 5) is 24.2. The van der Waals surface area contributed by atoms with Crippen molar-refractivity contribution in [3.05, 3.63) is 0 Å². The zero-order chi connectivity index (χ0) is 14.6.